The van der Waals surface area contributed by atoms with Crippen molar-refractivity contribution in [3.63, 3.8) is 0 Å². The lowest BCUT2D eigenvalue weighted by Crippen LogP contribution is -2.41. The summed E-state index contributed by atoms with van der Waals surface area (Å²) in [6.45, 7) is 3.80. The Bertz CT molecular complexity index is 466. The van der Waals surface area contributed by atoms with Crippen LogP contribution in [0.1, 0.15) is 20.3 Å². The Labute approximate surface area is 104 Å². The molecule has 0 spiro atoms. The Hall–Kier alpha value is -2.05. The van der Waals surface area contributed by atoms with Crippen molar-refractivity contribution in [2.45, 2.75) is 32.4 Å². The third kappa shape index (κ3) is 2.29. The number of aliphatic carboxylic acids is 1. The minimum atomic E-state index is -0.939. The number of amidine groups is 2. The summed E-state index contributed by atoms with van der Waals surface area (Å²) in [5, 5.41) is 12.1. The van der Waals surface area contributed by atoms with Crippen molar-refractivity contribution in [2.24, 2.45) is 25.9 Å². The van der Waals surface area contributed by atoms with E-state index in [4.69, 9.17) is 0 Å². The molecule has 3 unspecified atom stereocenters. The van der Waals surface area contributed by atoms with Gasteiger partial charge in [-0.2, -0.15) is 0 Å². The first kappa shape index (κ1) is 12.4. The van der Waals surface area contributed by atoms with Gasteiger partial charge in [-0.15, -0.1) is 0 Å². The van der Waals surface area contributed by atoms with Gasteiger partial charge in [0.1, 0.15) is 12.2 Å². The Morgan fingerprint density at radius 2 is 2.44 bits per heavy atom. The Morgan fingerprint density at radius 1 is 1.67 bits per heavy atom. The molecule has 0 aliphatic carbocycles. The summed E-state index contributed by atoms with van der Waals surface area (Å²) in [7, 11) is 0. The van der Waals surface area contributed by atoms with Crippen LogP contribution in [0.25, 0.3) is 0 Å². The van der Waals surface area contributed by atoms with Gasteiger partial charge < -0.3 is 10.4 Å². The maximum atomic E-state index is 11.2. The number of fused-ring (bicyclic) bond motifs is 1. The number of rotatable bonds is 4. The normalized spacial score (nSPS) is 26.4. The number of hydrogen-bond donors (Lipinski definition) is 2. The van der Waals surface area contributed by atoms with E-state index in [9.17, 15) is 9.90 Å². The summed E-state index contributed by atoms with van der Waals surface area (Å²) in [5.41, 5.74) is 0. The van der Waals surface area contributed by atoms with Crippen molar-refractivity contribution in [3.05, 3.63) is 0 Å². The van der Waals surface area contributed by atoms with Crippen LogP contribution in [0.3, 0.4) is 0 Å². The van der Waals surface area contributed by atoms with Crippen LogP contribution >= 0.6 is 0 Å². The minimum absolute atomic E-state index is 0.0501. The molecule has 2 aliphatic heterocycles. The molecule has 0 bridgehead atoms. The molecule has 0 fully saturated rings. The third-order valence-electron chi connectivity index (χ3n) is 3.03. The molecule has 0 aromatic rings. The van der Waals surface area contributed by atoms with Crippen LogP contribution < -0.4 is 5.32 Å². The summed E-state index contributed by atoms with van der Waals surface area (Å²) in [6, 6.07) is -1.18. The van der Waals surface area contributed by atoms with Gasteiger partial charge in [0.2, 0.25) is 0 Å². The molecule has 0 aromatic carbocycles. The predicted molar refractivity (Wildman–Crippen MR) is 69.7 cm³/mol. The fraction of sp³-hybridized carbons (Fsp3) is 0.545. The number of carboxylic acids is 1. The topological polar surface area (TPSA) is 98.8 Å². The van der Waals surface area contributed by atoms with E-state index in [1.807, 2.05) is 13.8 Å². The van der Waals surface area contributed by atoms with E-state index in [0.717, 1.165) is 6.42 Å². The highest BCUT2D eigenvalue weighted by Crippen LogP contribution is 2.15. The standard InChI is InChI=1S/C11H15N5O2/c1-3-6(2)7(11(17)18)16-10-8-9(13-4-12-8)14-5-15-10/h4-8H,3H2,1-2H3,(H,17,18)(H,12,13,14,15,16). The first-order valence-electron chi connectivity index (χ1n) is 5.82. The van der Waals surface area contributed by atoms with Gasteiger partial charge in [0.05, 0.1) is 6.34 Å². The molecule has 2 aliphatic rings. The molecule has 0 saturated carbocycles. The highest BCUT2D eigenvalue weighted by molar-refractivity contribution is 6.21. The lowest BCUT2D eigenvalue weighted by Gasteiger charge is -2.19. The van der Waals surface area contributed by atoms with Crippen LogP contribution in [-0.2, 0) is 4.79 Å². The van der Waals surface area contributed by atoms with Crippen molar-refractivity contribution in [1.82, 2.24) is 5.32 Å². The molecule has 0 aromatic heterocycles. The second-order valence-corrected chi connectivity index (χ2v) is 4.24. The predicted octanol–water partition coefficient (Wildman–Crippen LogP) is 0.325. The number of nitrogens with zero attached hydrogens (tertiary/aromatic N) is 4. The summed E-state index contributed by atoms with van der Waals surface area (Å²) < 4.78 is 0. The maximum Gasteiger partial charge on any atom is 0.328 e. The molecule has 3 atom stereocenters. The van der Waals surface area contributed by atoms with Gasteiger partial charge in [-0.25, -0.2) is 14.8 Å². The number of hydrogen-bond acceptors (Lipinski definition) is 5. The first-order chi connectivity index (χ1) is 8.63. The van der Waals surface area contributed by atoms with Crippen molar-refractivity contribution in [2.75, 3.05) is 0 Å². The van der Waals surface area contributed by atoms with Gasteiger partial charge in [0.15, 0.2) is 17.9 Å². The molecule has 0 amide bonds. The fourth-order valence-corrected chi connectivity index (χ4v) is 1.74. The second-order valence-electron chi connectivity index (χ2n) is 4.24. The first-order valence-corrected chi connectivity index (χ1v) is 5.82. The molecule has 7 heteroatoms. The average molecular weight is 249 g/mol. The van der Waals surface area contributed by atoms with E-state index < -0.39 is 12.0 Å². The number of aliphatic imine (C=N–C) groups is 4. The Balaban J connectivity index is 2.27. The monoisotopic (exact) mass is 249 g/mol. The van der Waals surface area contributed by atoms with Gasteiger partial charge in [-0.05, 0) is 5.92 Å². The van der Waals surface area contributed by atoms with Crippen molar-refractivity contribution >= 4 is 30.3 Å². The van der Waals surface area contributed by atoms with Crippen LogP contribution in [0, 0.1) is 5.92 Å². The summed E-state index contributed by atoms with van der Waals surface area (Å²) >= 11 is 0. The van der Waals surface area contributed by atoms with Crippen molar-refractivity contribution < 1.29 is 9.90 Å². The Morgan fingerprint density at radius 3 is 3.11 bits per heavy atom. The van der Waals surface area contributed by atoms with Crippen LogP contribution in [0.15, 0.2) is 20.0 Å². The van der Waals surface area contributed by atoms with Crippen molar-refractivity contribution in [3.8, 4) is 0 Å². The van der Waals surface area contributed by atoms with E-state index in [0.29, 0.717) is 11.7 Å². The molecule has 0 saturated heterocycles. The smallest absolute Gasteiger partial charge is 0.328 e. The maximum absolute atomic E-state index is 11.2. The largest absolute Gasteiger partial charge is 0.480 e. The molecule has 18 heavy (non-hydrogen) atoms. The molecule has 0 radical (unpaired) electrons. The molecule has 2 heterocycles. The zero-order valence-corrected chi connectivity index (χ0v) is 10.2. The Kier molecular flexibility index (Phi) is 3.50. The molecule has 2 rings (SSSR count). The highest BCUT2D eigenvalue weighted by Gasteiger charge is 2.30. The number of carbonyl (C=O) groups is 1. The van der Waals surface area contributed by atoms with E-state index in [-0.39, 0.29) is 12.0 Å². The van der Waals surface area contributed by atoms with E-state index in [1.165, 1.54) is 12.7 Å². The van der Waals surface area contributed by atoms with Gasteiger partial charge in [0.25, 0.3) is 0 Å². The number of carboxylic acid groups (broad SMARTS) is 1. The molecular weight excluding hydrogens is 234 g/mol. The zero-order chi connectivity index (χ0) is 13.1. The lowest BCUT2D eigenvalue weighted by atomic mass is 10.00. The van der Waals surface area contributed by atoms with Gasteiger partial charge >= 0.3 is 5.97 Å². The van der Waals surface area contributed by atoms with Crippen LogP contribution in [0.4, 0.5) is 0 Å². The third-order valence-corrected chi connectivity index (χ3v) is 3.03. The molecule has 2 N–H and O–H groups in total. The lowest BCUT2D eigenvalue weighted by molar-refractivity contribution is -0.139. The summed E-state index contributed by atoms with van der Waals surface area (Å²) in [4.78, 5) is 27.6. The van der Waals surface area contributed by atoms with E-state index in [2.05, 4.69) is 25.3 Å². The molecule has 96 valence electrons. The summed E-state index contributed by atoms with van der Waals surface area (Å²) in [6.07, 6.45) is 3.62. The quantitative estimate of drug-likeness (QED) is 0.750. The highest BCUT2D eigenvalue weighted by atomic mass is 16.4. The second kappa shape index (κ2) is 5.07. The SMILES string of the molecule is CCC(C)C(N=C1N=CNC2=NC=NC12)C(=O)O. The molecular formula is C11H15N5O2. The zero-order valence-electron chi connectivity index (χ0n) is 10.2. The van der Waals surface area contributed by atoms with Gasteiger partial charge in [-0.1, -0.05) is 20.3 Å². The van der Waals surface area contributed by atoms with Crippen molar-refractivity contribution in [1.29, 1.82) is 0 Å². The van der Waals surface area contributed by atoms with E-state index >= 15 is 0 Å². The van der Waals surface area contributed by atoms with Crippen LogP contribution in [0.2, 0.25) is 0 Å². The summed E-state index contributed by atoms with van der Waals surface area (Å²) in [5.74, 6) is 0.0443. The number of nitrogens with one attached hydrogen (secondary N) is 1. The van der Waals surface area contributed by atoms with E-state index in [1.54, 1.807) is 0 Å². The van der Waals surface area contributed by atoms with Crippen LogP contribution in [0.5, 0.6) is 0 Å². The van der Waals surface area contributed by atoms with Crippen LogP contribution in [-0.4, -0.2) is 47.5 Å². The van der Waals surface area contributed by atoms with Gasteiger partial charge in [-0.3, -0.25) is 9.98 Å². The average Bonchev–Trinajstić information content (AvgIpc) is 2.83. The molecule has 7 nitrogen and oxygen atoms in total. The fourth-order valence-electron chi connectivity index (χ4n) is 1.74. The van der Waals surface area contributed by atoms with Gasteiger partial charge in [0, 0.05) is 0 Å². The minimum Gasteiger partial charge on any atom is -0.480 e.